The van der Waals surface area contributed by atoms with E-state index in [0.717, 1.165) is 0 Å². The zero-order valence-corrected chi connectivity index (χ0v) is 17.4. The minimum absolute atomic E-state index is 0.946. The molecule has 0 N–H and O–H groups in total. The van der Waals surface area contributed by atoms with Crippen molar-refractivity contribution in [3.63, 3.8) is 0 Å². The molecule has 0 fully saturated rings. The molecule has 0 heterocycles. The molecule has 4 aromatic carbocycles. The van der Waals surface area contributed by atoms with Crippen LogP contribution in [0.5, 0.6) is 0 Å². The van der Waals surface area contributed by atoms with E-state index >= 15 is 0 Å². The number of hydrogen-bond donors (Lipinski definition) is 0. The lowest BCUT2D eigenvalue weighted by molar-refractivity contribution is 0.908. The van der Waals surface area contributed by atoms with Gasteiger partial charge in [0.15, 0.2) is 0 Å². The summed E-state index contributed by atoms with van der Waals surface area (Å²) < 4.78 is 0. The highest BCUT2D eigenvalue weighted by Gasteiger charge is 2.15. The van der Waals surface area contributed by atoms with E-state index in [1.165, 1.54) is 58.5 Å². The van der Waals surface area contributed by atoms with E-state index in [1.54, 1.807) is 5.19 Å². The predicted molar refractivity (Wildman–Crippen MR) is 123 cm³/mol. The summed E-state index contributed by atoms with van der Waals surface area (Å²) in [5.41, 5.74) is 1.51. The Morgan fingerprint density at radius 2 is 1.26 bits per heavy atom. The third-order valence-electron chi connectivity index (χ3n) is 5.78. The molecule has 0 aromatic heterocycles. The van der Waals surface area contributed by atoms with E-state index in [1.807, 2.05) is 0 Å². The van der Waals surface area contributed by atoms with Gasteiger partial charge in [-0.25, -0.2) is 0 Å². The summed E-state index contributed by atoms with van der Waals surface area (Å²) in [6.45, 7) is 2.34. The van der Waals surface area contributed by atoms with Crippen LogP contribution in [0.3, 0.4) is 0 Å². The second-order valence-electron chi connectivity index (χ2n) is 7.58. The van der Waals surface area contributed by atoms with Crippen LogP contribution in [0.4, 0.5) is 0 Å². The maximum Gasteiger partial charge on any atom is 0.0716 e. The Morgan fingerprint density at radius 3 is 2.04 bits per heavy atom. The Morgan fingerprint density at radius 1 is 0.630 bits per heavy atom. The molecule has 0 radical (unpaired) electrons. The molecule has 0 saturated carbocycles. The van der Waals surface area contributed by atoms with Crippen LogP contribution in [-0.2, 0) is 6.42 Å². The molecular weight excluding hydrogens is 340 g/mol. The zero-order valence-electron chi connectivity index (χ0n) is 16.2. The average molecular weight is 369 g/mol. The lowest BCUT2D eigenvalue weighted by Gasteiger charge is -2.18. The fraction of sp³-hybridized carbons (Fsp3) is 0.231. The fourth-order valence-electron chi connectivity index (χ4n) is 4.46. The minimum Gasteiger partial charge on any atom is -0.0656 e. The summed E-state index contributed by atoms with van der Waals surface area (Å²) in [6.07, 6.45) is 3.79. The third-order valence-corrected chi connectivity index (χ3v) is 9.54. The van der Waals surface area contributed by atoms with Gasteiger partial charge in [0.25, 0.3) is 0 Å². The topological polar surface area (TPSA) is 0 Å². The molecule has 0 spiro atoms. The number of hydrogen-bond acceptors (Lipinski definition) is 0. The van der Waals surface area contributed by atoms with Gasteiger partial charge in [-0.15, -0.1) is 0 Å². The zero-order chi connectivity index (χ0) is 18.5. The highest BCUT2D eigenvalue weighted by atomic mass is 28.3. The van der Waals surface area contributed by atoms with Gasteiger partial charge in [-0.3, -0.25) is 0 Å². The van der Waals surface area contributed by atoms with Crippen molar-refractivity contribution < 1.29 is 0 Å². The van der Waals surface area contributed by atoms with Crippen LogP contribution in [0.15, 0.2) is 84.9 Å². The summed E-state index contributed by atoms with van der Waals surface area (Å²) in [7, 11) is -0.946. The largest absolute Gasteiger partial charge is 0.0716 e. The van der Waals surface area contributed by atoms with E-state index in [4.69, 9.17) is 0 Å². The van der Waals surface area contributed by atoms with Crippen molar-refractivity contribution >= 4 is 35.5 Å². The van der Waals surface area contributed by atoms with E-state index < -0.39 is 8.80 Å². The van der Waals surface area contributed by atoms with Gasteiger partial charge in [0.2, 0.25) is 0 Å². The maximum atomic E-state index is 2.41. The molecule has 0 aliphatic rings. The second kappa shape index (κ2) is 8.54. The standard InChI is InChI=1S/C26H28Si/c1-2-19-27(26-18-8-14-23-11-4-6-17-25(23)26)20-9-15-22-13-7-12-21-10-3-5-16-24(21)22/h3-8,10-14,16-18,27H,2,9,15,19-20H2,1H3. The smallest absolute Gasteiger partial charge is 0.0656 e. The number of benzene rings is 4. The molecule has 0 amide bonds. The summed E-state index contributed by atoms with van der Waals surface area (Å²) in [5, 5.41) is 7.37. The highest BCUT2D eigenvalue weighted by Crippen LogP contribution is 2.22. The van der Waals surface area contributed by atoms with Gasteiger partial charge in [0, 0.05) is 0 Å². The van der Waals surface area contributed by atoms with Gasteiger partial charge >= 0.3 is 0 Å². The molecule has 1 heteroatoms. The molecule has 0 nitrogen and oxygen atoms in total. The van der Waals surface area contributed by atoms with Gasteiger partial charge in [0.1, 0.15) is 0 Å². The Hall–Kier alpha value is -2.38. The Bertz CT molecular complexity index is 1020. The molecule has 1 atom stereocenters. The van der Waals surface area contributed by atoms with Gasteiger partial charge in [-0.2, -0.15) is 0 Å². The van der Waals surface area contributed by atoms with Crippen LogP contribution in [-0.4, -0.2) is 8.80 Å². The molecular formula is C26H28Si. The molecule has 0 saturated heterocycles. The molecule has 27 heavy (non-hydrogen) atoms. The first kappa shape index (κ1) is 18.0. The molecule has 1 unspecified atom stereocenters. The average Bonchev–Trinajstić information content (AvgIpc) is 2.73. The van der Waals surface area contributed by atoms with Crippen LogP contribution in [0.1, 0.15) is 25.3 Å². The van der Waals surface area contributed by atoms with E-state index in [2.05, 4.69) is 91.9 Å². The van der Waals surface area contributed by atoms with E-state index in [9.17, 15) is 0 Å². The summed E-state index contributed by atoms with van der Waals surface area (Å²) in [5.74, 6) is 0. The van der Waals surface area contributed by atoms with Crippen LogP contribution in [0, 0.1) is 0 Å². The van der Waals surface area contributed by atoms with Gasteiger partial charge < -0.3 is 0 Å². The summed E-state index contributed by atoms with van der Waals surface area (Å²) in [6, 6.07) is 34.2. The third kappa shape index (κ3) is 3.99. The molecule has 136 valence electrons. The summed E-state index contributed by atoms with van der Waals surface area (Å²) >= 11 is 0. The Kier molecular flexibility index (Phi) is 5.69. The SMILES string of the molecule is CCC[SiH](CCCc1cccc2ccccc12)c1cccc2ccccc12. The second-order valence-corrected chi connectivity index (χ2v) is 10.8. The predicted octanol–water partition coefficient (Wildman–Crippen LogP) is 6.47. The summed E-state index contributed by atoms with van der Waals surface area (Å²) in [4.78, 5) is 0. The van der Waals surface area contributed by atoms with Crippen molar-refractivity contribution in [2.24, 2.45) is 0 Å². The lowest BCUT2D eigenvalue weighted by Crippen LogP contribution is -2.30. The van der Waals surface area contributed by atoms with Gasteiger partial charge in [-0.1, -0.05) is 122 Å². The Balaban J connectivity index is 1.54. The van der Waals surface area contributed by atoms with Gasteiger partial charge in [0.05, 0.1) is 8.80 Å². The van der Waals surface area contributed by atoms with Crippen molar-refractivity contribution in [2.45, 2.75) is 38.3 Å². The van der Waals surface area contributed by atoms with Gasteiger partial charge in [-0.05, 0) is 33.5 Å². The van der Waals surface area contributed by atoms with Crippen molar-refractivity contribution in [3.05, 3.63) is 90.5 Å². The first-order chi connectivity index (χ1) is 13.4. The highest BCUT2D eigenvalue weighted by molar-refractivity contribution is 6.75. The van der Waals surface area contributed by atoms with Crippen molar-refractivity contribution in [1.29, 1.82) is 0 Å². The van der Waals surface area contributed by atoms with Crippen molar-refractivity contribution in [3.8, 4) is 0 Å². The van der Waals surface area contributed by atoms with E-state index in [-0.39, 0.29) is 0 Å². The monoisotopic (exact) mass is 368 g/mol. The maximum absolute atomic E-state index is 2.41. The van der Waals surface area contributed by atoms with Crippen LogP contribution >= 0.6 is 0 Å². The quantitative estimate of drug-likeness (QED) is 0.328. The fourth-order valence-corrected chi connectivity index (χ4v) is 7.85. The number of fused-ring (bicyclic) bond motifs is 2. The van der Waals surface area contributed by atoms with Crippen molar-refractivity contribution in [1.82, 2.24) is 0 Å². The first-order valence-electron chi connectivity index (χ1n) is 10.3. The van der Waals surface area contributed by atoms with Crippen molar-refractivity contribution in [2.75, 3.05) is 0 Å². The Labute approximate surface area is 164 Å². The first-order valence-corrected chi connectivity index (χ1v) is 12.5. The van der Waals surface area contributed by atoms with Crippen LogP contribution in [0.25, 0.3) is 21.5 Å². The van der Waals surface area contributed by atoms with Crippen LogP contribution < -0.4 is 5.19 Å². The molecule has 4 aromatic rings. The number of aryl methyl sites for hydroxylation is 1. The van der Waals surface area contributed by atoms with Crippen LogP contribution in [0.2, 0.25) is 12.1 Å². The number of rotatable bonds is 7. The molecule has 4 rings (SSSR count). The molecule has 0 aliphatic heterocycles. The lowest BCUT2D eigenvalue weighted by atomic mass is 10.0. The van der Waals surface area contributed by atoms with E-state index in [0.29, 0.717) is 0 Å². The minimum atomic E-state index is -0.946. The molecule has 0 bridgehead atoms. The molecule has 0 aliphatic carbocycles. The normalized spacial score (nSPS) is 12.5.